The summed E-state index contributed by atoms with van der Waals surface area (Å²) in [5.41, 5.74) is 1.53. The molecular weight excluding hydrogens is 449 g/mol. The molecule has 1 amide bonds. The average molecular weight is 473 g/mol. The lowest BCUT2D eigenvalue weighted by atomic mass is 9.76. The number of alkyl halides is 3. The van der Waals surface area contributed by atoms with E-state index in [1.165, 1.54) is 10.8 Å². The molecule has 0 spiro atoms. The number of nitrogens with one attached hydrogen (secondary N) is 1. The van der Waals surface area contributed by atoms with Crippen LogP contribution in [0.4, 0.5) is 13.2 Å². The molecular formula is C17H23F3N2O6S2. The van der Waals surface area contributed by atoms with Crippen LogP contribution in [0.15, 0.2) is 4.52 Å². The highest BCUT2D eigenvalue weighted by Gasteiger charge is 2.38. The lowest BCUT2D eigenvalue weighted by molar-refractivity contribution is -0.192. The van der Waals surface area contributed by atoms with Crippen molar-refractivity contribution >= 4 is 39.4 Å². The topological polar surface area (TPSA) is 130 Å². The number of nitrogens with zero attached hydrogens (tertiary/aromatic N) is 1. The molecule has 170 valence electrons. The Kier molecular flexibility index (Phi) is 10.0. The molecule has 1 aromatic rings. The number of carboxylic acid groups (broad SMARTS) is 2. The molecule has 3 N–H and O–H groups in total. The monoisotopic (exact) mass is 472 g/mol. The van der Waals surface area contributed by atoms with Gasteiger partial charge in [0.1, 0.15) is 5.76 Å². The number of carbonyl (C=O) groups is 3. The van der Waals surface area contributed by atoms with Gasteiger partial charge in [-0.25, -0.2) is 4.79 Å². The van der Waals surface area contributed by atoms with Crippen molar-refractivity contribution in [2.24, 2.45) is 5.41 Å². The van der Waals surface area contributed by atoms with Gasteiger partial charge in [0, 0.05) is 30.0 Å². The van der Waals surface area contributed by atoms with Crippen molar-refractivity contribution in [2.45, 2.75) is 45.7 Å². The van der Waals surface area contributed by atoms with Crippen molar-refractivity contribution in [1.29, 1.82) is 0 Å². The molecule has 1 heterocycles. The molecule has 0 radical (unpaired) electrons. The summed E-state index contributed by atoms with van der Waals surface area (Å²) < 4.78 is 37.0. The largest absolute Gasteiger partial charge is 0.490 e. The SMILES string of the molecule is CC1(C)CCc2onc(C(=O)NCCSSCCC(=O)O)c2C1.O=C(O)C(F)(F)F. The van der Waals surface area contributed by atoms with Gasteiger partial charge in [0.25, 0.3) is 5.91 Å². The van der Waals surface area contributed by atoms with Crippen LogP contribution in [0.1, 0.15) is 48.5 Å². The summed E-state index contributed by atoms with van der Waals surface area (Å²) >= 11 is 0. The average Bonchev–Trinajstić information content (AvgIpc) is 3.02. The highest BCUT2D eigenvalue weighted by atomic mass is 33.1. The number of amides is 1. The van der Waals surface area contributed by atoms with Crippen LogP contribution >= 0.6 is 21.6 Å². The second-order valence-electron chi connectivity index (χ2n) is 7.12. The maximum absolute atomic E-state index is 12.2. The highest BCUT2D eigenvalue weighted by Crippen LogP contribution is 2.36. The molecule has 30 heavy (non-hydrogen) atoms. The summed E-state index contributed by atoms with van der Waals surface area (Å²) in [6.45, 7) is 4.90. The van der Waals surface area contributed by atoms with E-state index in [-0.39, 0.29) is 17.7 Å². The molecule has 8 nitrogen and oxygen atoms in total. The van der Waals surface area contributed by atoms with Crippen molar-refractivity contribution in [3.05, 3.63) is 17.0 Å². The minimum Gasteiger partial charge on any atom is -0.481 e. The Balaban J connectivity index is 0.000000553. The number of halogens is 3. The molecule has 0 aromatic carbocycles. The first-order chi connectivity index (χ1) is 13.8. The summed E-state index contributed by atoms with van der Waals surface area (Å²) in [6.07, 6.45) is -2.24. The summed E-state index contributed by atoms with van der Waals surface area (Å²) in [5.74, 6) is -1.60. The number of hydrogen-bond acceptors (Lipinski definition) is 7. The van der Waals surface area contributed by atoms with E-state index < -0.39 is 18.1 Å². The third-order valence-corrected chi connectivity index (χ3v) is 6.37. The van der Waals surface area contributed by atoms with Crippen molar-refractivity contribution in [2.75, 3.05) is 18.1 Å². The smallest absolute Gasteiger partial charge is 0.481 e. The third kappa shape index (κ3) is 9.28. The first kappa shape index (κ1) is 26.1. The standard InChI is InChI=1S/C15H22N2O4S2.C2HF3O2/c1-15(2)5-3-11-10(9-15)13(17-21-11)14(20)16-6-8-23-22-7-4-12(18)19;3-2(4,5)1(6)7/h3-9H2,1-2H3,(H,16,20)(H,18,19);(H,6,7). The normalized spacial score (nSPS) is 14.8. The van der Waals surface area contributed by atoms with Crippen LogP contribution in [-0.2, 0) is 22.4 Å². The number of aryl methyl sites for hydroxylation is 1. The number of aromatic nitrogens is 1. The van der Waals surface area contributed by atoms with Gasteiger partial charge in [0.2, 0.25) is 0 Å². The predicted octanol–water partition coefficient (Wildman–Crippen LogP) is 3.41. The van der Waals surface area contributed by atoms with Gasteiger partial charge >= 0.3 is 18.1 Å². The van der Waals surface area contributed by atoms with Crippen LogP contribution in [-0.4, -0.2) is 57.4 Å². The number of carbonyl (C=O) groups excluding carboxylic acids is 1. The Morgan fingerprint density at radius 3 is 2.37 bits per heavy atom. The van der Waals surface area contributed by atoms with Gasteiger partial charge in [-0.1, -0.05) is 40.6 Å². The predicted molar refractivity (Wildman–Crippen MR) is 106 cm³/mol. The second kappa shape index (κ2) is 11.5. The Hall–Kier alpha value is -1.89. The zero-order valence-corrected chi connectivity index (χ0v) is 18.0. The number of carboxylic acids is 2. The quantitative estimate of drug-likeness (QED) is 0.385. The fraction of sp³-hybridized carbons (Fsp3) is 0.647. The van der Waals surface area contributed by atoms with Crippen molar-refractivity contribution in [3.63, 3.8) is 0 Å². The summed E-state index contributed by atoms with van der Waals surface area (Å²) in [5, 5.41) is 22.5. The van der Waals surface area contributed by atoms with E-state index in [1.807, 2.05) is 0 Å². The number of hydrogen-bond donors (Lipinski definition) is 3. The van der Waals surface area contributed by atoms with E-state index in [0.717, 1.165) is 36.3 Å². The highest BCUT2D eigenvalue weighted by molar-refractivity contribution is 8.76. The maximum Gasteiger partial charge on any atom is 0.490 e. The van der Waals surface area contributed by atoms with Crippen molar-refractivity contribution in [3.8, 4) is 0 Å². The Morgan fingerprint density at radius 1 is 1.20 bits per heavy atom. The Labute approximate surface area is 178 Å². The number of fused-ring (bicyclic) bond motifs is 1. The molecule has 0 fully saturated rings. The summed E-state index contributed by atoms with van der Waals surface area (Å²) in [7, 11) is 3.06. The molecule has 0 unspecified atom stereocenters. The molecule has 1 aliphatic rings. The van der Waals surface area contributed by atoms with Crippen LogP contribution in [0.3, 0.4) is 0 Å². The van der Waals surface area contributed by atoms with Crippen molar-refractivity contribution in [1.82, 2.24) is 10.5 Å². The molecule has 1 aromatic heterocycles. The van der Waals surface area contributed by atoms with Crippen LogP contribution in [0.5, 0.6) is 0 Å². The van der Waals surface area contributed by atoms with E-state index in [0.29, 0.717) is 18.0 Å². The molecule has 0 saturated heterocycles. The molecule has 0 atom stereocenters. The maximum atomic E-state index is 12.2. The lowest BCUT2D eigenvalue weighted by Crippen LogP contribution is -2.29. The van der Waals surface area contributed by atoms with Gasteiger partial charge in [-0.2, -0.15) is 13.2 Å². The minimum atomic E-state index is -5.08. The molecule has 0 saturated carbocycles. The van der Waals surface area contributed by atoms with E-state index in [2.05, 4.69) is 24.3 Å². The fourth-order valence-corrected chi connectivity index (χ4v) is 4.34. The molecule has 0 aliphatic heterocycles. The first-order valence-corrected chi connectivity index (χ1v) is 11.3. The zero-order chi connectivity index (χ0) is 22.9. The Bertz CT molecular complexity index is 752. The van der Waals surface area contributed by atoms with Crippen LogP contribution in [0.2, 0.25) is 0 Å². The van der Waals surface area contributed by atoms with E-state index in [4.69, 9.17) is 19.5 Å². The van der Waals surface area contributed by atoms with Gasteiger partial charge in [0.15, 0.2) is 5.69 Å². The van der Waals surface area contributed by atoms with Crippen LogP contribution in [0, 0.1) is 5.41 Å². The van der Waals surface area contributed by atoms with Crippen molar-refractivity contribution < 1.29 is 42.3 Å². The molecule has 2 rings (SSSR count). The second-order valence-corrected chi connectivity index (χ2v) is 9.82. The van der Waals surface area contributed by atoms with Gasteiger partial charge in [-0.05, 0) is 18.3 Å². The van der Waals surface area contributed by atoms with Gasteiger partial charge in [-0.15, -0.1) is 0 Å². The summed E-state index contributed by atoms with van der Waals surface area (Å²) in [4.78, 5) is 31.5. The fourth-order valence-electron chi connectivity index (χ4n) is 2.46. The van der Waals surface area contributed by atoms with Gasteiger partial charge in [0.05, 0.1) is 6.42 Å². The minimum absolute atomic E-state index is 0.158. The van der Waals surface area contributed by atoms with E-state index in [1.54, 1.807) is 10.8 Å². The molecule has 1 aliphatic carbocycles. The van der Waals surface area contributed by atoms with E-state index >= 15 is 0 Å². The van der Waals surface area contributed by atoms with E-state index in [9.17, 15) is 22.8 Å². The molecule has 0 bridgehead atoms. The number of aliphatic carboxylic acids is 2. The number of rotatable bonds is 8. The van der Waals surface area contributed by atoms with Gasteiger partial charge in [-0.3, -0.25) is 9.59 Å². The van der Waals surface area contributed by atoms with Gasteiger partial charge < -0.3 is 20.1 Å². The Morgan fingerprint density at radius 2 is 1.80 bits per heavy atom. The van der Waals surface area contributed by atoms with Crippen LogP contribution in [0.25, 0.3) is 0 Å². The summed E-state index contributed by atoms with van der Waals surface area (Å²) in [6, 6.07) is 0. The first-order valence-electron chi connectivity index (χ1n) is 8.85. The third-order valence-electron chi connectivity index (χ3n) is 3.96. The van der Waals surface area contributed by atoms with Crippen LogP contribution < -0.4 is 5.32 Å². The zero-order valence-electron chi connectivity index (χ0n) is 16.4. The lowest BCUT2D eigenvalue weighted by Gasteiger charge is -2.28. The molecule has 13 heteroatoms.